The Kier molecular flexibility index (Phi) is 9.28. The monoisotopic (exact) mass is 603 g/mol. The van der Waals surface area contributed by atoms with Gasteiger partial charge in [0.2, 0.25) is 0 Å². The lowest BCUT2D eigenvalue weighted by molar-refractivity contribution is -0.118. The second-order valence-electron chi connectivity index (χ2n) is 11.2. The largest absolute Gasteiger partial charge is 0.496 e. The highest BCUT2D eigenvalue weighted by molar-refractivity contribution is 5.92. The van der Waals surface area contributed by atoms with E-state index in [1.54, 1.807) is 25.5 Å². The molecule has 5 aromatic rings. The quantitative estimate of drug-likeness (QED) is 0.184. The van der Waals surface area contributed by atoms with Gasteiger partial charge < -0.3 is 19.7 Å². The molecule has 0 fully saturated rings. The van der Waals surface area contributed by atoms with Gasteiger partial charge >= 0.3 is 0 Å². The van der Waals surface area contributed by atoms with Crippen LogP contribution in [0.5, 0.6) is 11.5 Å². The summed E-state index contributed by atoms with van der Waals surface area (Å²) in [5.74, 6) is 1.51. The summed E-state index contributed by atoms with van der Waals surface area (Å²) >= 11 is 0. The average molecular weight is 604 g/mol. The van der Waals surface area contributed by atoms with E-state index >= 15 is 0 Å². The number of hydrogen-bond acceptors (Lipinski definition) is 7. The van der Waals surface area contributed by atoms with Gasteiger partial charge in [-0.25, -0.2) is 4.98 Å². The molecule has 0 bridgehead atoms. The van der Waals surface area contributed by atoms with Crippen molar-refractivity contribution in [3.63, 3.8) is 0 Å². The number of carbonyl (C=O) groups excluding carboxylic acids is 1. The highest BCUT2D eigenvalue weighted by Gasteiger charge is 2.19. The van der Waals surface area contributed by atoms with Gasteiger partial charge in [0.15, 0.2) is 12.4 Å². The third-order valence-electron chi connectivity index (χ3n) is 7.44. The third kappa shape index (κ3) is 6.88. The third-order valence-corrected chi connectivity index (χ3v) is 7.44. The lowest BCUT2D eigenvalue weighted by Crippen LogP contribution is -2.21. The van der Waals surface area contributed by atoms with Crippen LogP contribution in [0.4, 0.5) is 11.4 Å². The fourth-order valence-corrected chi connectivity index (χ4v) is 4.99. The Hall–Kier alpha value is -5.44. The Bertz CT molecular complexity index is 1930. The number of amides is 1. The summed E-state index contributed by atoms with van der Waals surface area (Å²) in [5, 5.41) is 7.96. The standard InChI is InChI=1S/C36H37N5O4/c1-23(2)29-20-30(24(3)18-33(29)44-6)35-39-31-15-11-10-14-28(31)36(43)41(35)37-21-25-16-17-27(40(4)5)19-32(25)45-22-34(42)38-26-12-8-7-9-13-26/h7-21,23H,22H2,1-6H3,(H,38,42). The normalized spacial score (nSPS) is 11.3. The smallest absolute Gasteiger partial charge is 0.282 e. The number of nitrogens with zero attached hydrogens (tertiary/aromatic N) is 4. The molecule has 0 atom stereocenters. The first-order valence-electron chi connectivity index (χ1n) is 14.7. The number of methoxy groups -OCH3 is 1. The van der Waals surface area contributed by atoms with Crippen LogP contribution in [0.2, 0.25) is 0 Å². The maximum Gasteiger partial charge on any atom is 0.282 e. The predicted molar refractivity (Wildman–Crippen MR) is 181 cm³/mol. The van der Waals surface area contributed by atoms with E-state index < -0.39 is 0 Å². The zero-order valence-electron chi connectivity index (χ0n) is 26.4. The maximum absolute atomic E-state index is 13.9. The van der Waals surface area contributed by atoms with Crippen LogP contribution in [-0.4, -0.2) is 49.6 Å². The van der Waals surface area contributed by atoms with Crippen LogP contribution in [0.1, 0.15) is 36.5 Å². The van der Waals surface area contributed by atoms with Crippen molar-refractivity contribution in [3.05, 3.63) is 112 Å². The number of anilines is 2. The molecule has 0 aliphatic heterocycles. The van der Waals surface area contributed by atoms with Gasteiger partial charge in [-0.3, -0.25) is 9.59 Å². The molecule has 9 nitrogen and oxygen atoms in total. The van der Waals surface area contributed by atoms with Crippen LogP contribution < -0.4 is 25.2 Å². The fourth-order valence-electron chi connectivity index (χ4n) is 4.99. The molecule has 0 spiro atoms. The molecule has 230 valence electrons. The molecular weight excluding hydrogens is 566 g/mol. The van der Waals surface area contributed by atoms with Gasteiger partial charge in [-0.1, -0.05) is 44.2 Å². The second-order valence-corrected chi connectivity index (χ2v) is 11.2. The summed E-state index contributed by atoms with van der Waals surface area (Å²) in [4.78, 5) is 33.4. The summed E-state index contributed by atoms with van der Waals surface area (Å²) in [6.07, 6.45) is 1.56. The summed E-state index contributed by atoms with van der Waals surface area (Å²) < 4.78 is 13.0. The Morgan fingerprint density at radius 3 is 2.44 bits per heavy atom. The van der Waals surface area contributed by atoms with Crippen LogP contribution in [0.15, 0.2) is 94.8 Å². The molecule has 45 heavy (non-hydrogen) atoms. The highest BCUT2D eigenvalue weighted by Crippen LogP contribution is 2.34. The van der Waals surface area contributed by atoms with Gasteiger partial charge in [0.1, 0.15) is 11.5 Å². The summed E-state index contributed by atoms with van der Waals surface area (Å²) in [7, 11) is 5.50. The number of aryl methyl sites for hydroxylation is 1. The van der Waals surface area contributed by atoms with E-state index in [-0.39, 0.29) is 24.0 Å². The van der Waals surface area contributed by atoms with Crippen LogP contribution >= 0.6 is 0 Å². The number of para-hydroxylation sites is 2. The van der Waals surface area contributed by atoms with E-state index in [0.29, 0.717) is 33.7 Å². The van der Waals surface area contributed by atoms with Crippen molar-refractivity contribution in [1.29, 1.82) is 0 Å². The van der Waals surface area contributed by atoms with E-state index in [4.69, 9.17) is 14.5 Å². The number of carbonyl (C=O) groups is 1. The van der Waals surface area contributed by atoms with E-state index in [1.165, 1.54) is 4.68 Å². The van der Waals surface area contributed by atoms with Gasteiger partial charge in [-0.2, -0.15) is 9.78 Å². The minimum atomic E-state index is -0.303. The molecule has 0 aliphatic carbocycles. The number of aromatic nitrogens is 2. The zero-order chi connectivity index (χ0) is 32.1. The Balaban J connectivity index is 1.58. The Labute approximate surface area is 262 Å². The molecule has 1 aromatic heterocycles. The molecule has 0 saturated heterocycles. The summed E-state index contributed by atoms with van der Waals surface area (Å²) in [6, 6.07) is 26.0. The van der Waals surface area contributed by atoms with E-state index in [9.17, 15) is 9.59 Å². The van der Waals surface area contributed by atoms with Crippen LogP contribution in [0, 0.1) is 6.92 Å². The Morgan fingerprint density at radius 2 is 1.73 bits per heavy atom. The number of rotatable bonds is 10. The molecule has 0 aliphatic rings. The number of benzene rings is 4. The van der Waals surface area contributed by atoms with Crippen molar-refractivity contribution in [2.75, 3.05) is 38.0 Å². The summed E-state index contributed by atoms with van der Waals surface area (Å²) in [6.45, 7) is 5.94. The number of nitrogens with one attached hydrogen (secondary N) is 1. The van der Waals surface area contributed by atoms with Crippen molar-refractivity contribution >= 4 is 34.4 Å². The van der Waals surface area contributed by atoms with Gasteiger partial charge in [0.25, 0.3) is 11.5 Å². The fraction of sp³-hybridized carbons (Fsp3) is 0.222. The van der Waals surface area contributed by atoms with Gasteiger partial charge in [0.05, 0.1) is 24.2 Å². The van der Waals surface area contributed by atoms with Crippen LogP contribution in [0.25, 0.3) is 22.3 Å². The molecule has 1 N–H and O–H groups in total. The maximum atomic E-state index is 13.9. The van der Waals surface area contributed by atoms with Crippen molar-refractivity contribution < 1.29 is 14.3 Å². The minimum Gasteiger partial charge on any atom is -0.496 e. The lowest BCUT2D eigenvalue weighted by atomic mass is 9.96. The number of hydrogen-bond donors (Lipinski definition) is 1. The van der Waals surface area contributed by atoms with E-state index in [1.807, 2.05) is 98.7 Å². The van der Waals surface area contributed by atoms with Crippen molar-refractivity contribution in [2.24, 2.45) is 5.10 Å². The molecule has 0 radical (unpaired) electrons. The van der Waals surface area contributed by atoms with Gasteiger partial charge in [-0.05, 0) is 72.5 Å². The topological polar surface area (TPSA) is 98.1 Å². The molecule has 9 heteroatoms. The average Bonchev–Trinajstić information content (AvgIpc) is 3.03. The SMILES string of the molecule is COc1cc(C)c(-c2nc3ccccc3c(=O)n2N=Cc2ccc(N(C)C)cc2OCC(=O)Nc2ccccc2)cc1C(C)C. The van der Waals surface area contributed by atoms with Crippen LogP contribution in [-0.2, 0) is 4.79 Å². The Morgan fingerprint density at radius 1 is 1.00 bits per heavy atom. The molecule has 1 heterocycles. The molecule has 0 unspecified atom stereocenters. The van der Waals surface area contributed by atoms with Crippen molar-refractivity contribution in [2.45, 2.75) is 26.7 Å². The van der Waals surface area contributed by atoms with E-state index in [0.717, 1.165) is 28.1 Å². The molecule has 1 amide bonds. The molecule has 4 aromatic carbocycles. The highest BCUT2D eigenvalue weighted by atomic mass is 16.5. The summed E-state index contributed by atoms with van der Waals surface area (Å²) in [5.41, 5.74) is 5.10. The lowest BCUT2D eigenvalue weighted by Gasteiger charge is -2.18. The van der Waals surface area contributed by atoms with Gasteiger partial charge in [-0.15, -0.1) is 0 Å². The zero-order valence-corrected chi connectivity index (χ0v) is 26.4. The number of ether oxygens (including phenoxy) is 2. The van der Waals surface area contributed by atoms with Gasteiger partial charge in [0, 0.05) is 42.7 Å². The number of fused-ring (bicyclic) bond motifs is 1. The first kappa shape index (κ1) is 31.0. The second kappa shape index (κ2) is 13.5. The minimum absolute atomic E-state index is 0.178. The predicted octanol–water partition coefficient (Wildman–Crippen LogP) is 6.47. The van der Waals surface area contributed by atoms with Crippen molar-refractivity contribution in [3.8, 4) is 22.9 Å². The van der Waals surface area contributed by atoms with Crippen molar-refractivity contribution in [1.82, 2.24) is 9.66 Å². The van der Waals surface area contributed by atoms with Crippen LogP contribution in [0.3, 0.4) is 0 Å². The molecular formula is C36H37N5O4. The van der Waals surface area contributed by atoms with E-state index in [2.05, 4.69) is 24.3 Å². The first-order chi connectivity index (χ1) is 21.7. The first-order valence-corrected chi connectivity index (χ1v) is 14.7. The molecule has 5 rings (SSSR count). The molecule has 0 saturated carbocycles.